The van der Waals surface area contributed by atoms with E-state index in [1.807, 2.05) is 19.1 Å². The molecule has 1 aromatic rings. The maximum Gasteiger partial charge on any atom is 0.161 e. The van der Waals surface area contributed by atoms with E-state index in [0.717, 1.165) is 19.4 Å². The lowest BCUT2D eigenvalue weighted by atomic mass is 10.1. The zero-order chi connectivity index (χ0) is 12.7. The maximum absolute atomic E-state index is 9.59. The van der Waals surface area contributed by atoms with Crippen molar-refractivity contribution >= 4 is 0 Å². The number of aryl methyl sites for hydroxylation is 1. The molecule has 0 aliphatic heterocycles. The Morgan fingerprint density at radius 1 is 1.35 bits per heavy atom. The molecule has 1 rings (SSSR count). The van der Waals surface area contributed by atoms with Crippen LogP contribution in [0.15, 0.2) is 18.2 Å². The van der Waals surface area contributed by atoms with Crippen molar-refractivity contribution in [1.82, 2.24) is 5.32 Å². The fourth-order valence-corrected chi connectivity index (χ4v) is 1.82. The summed E-state index contributed by atoms with van der Waals surface area (Å²) in [5.41, 5.74) is 1.20. The molecule has 17 heavy (non-hydrogen) atoms. The van der Waals surface area contributed by atoms with Crippen molar-refractivity contribution in [1.29, 1.82) is 0 Å². The Morgan fingerprint density at radius 2 is 2.12 bits per heavy atom. The Bertz CT molecular complexity index is 339. The number of ether oxygens (including phenoxy) is 1. The lowest BCUT2D eigenvalue weighted by Gasteiger charge is -2.13. The molecule has 0 saturated heterocycles. The summed E-state index contributed by atoms with van der Waals surface area (Å²) in [4.78, 5) is 0. The van der Waals surface area contributed by atoms with Crippen LogP contribution in [0.4, 0.5) is 0 Å². The molecule has 1 atom stereocenters. The molecule has 1 aromatic carbocycles. The number of aromatic hydroxyl groups is 1. The predicted molar refractivity (Wildman–Crippen MR) is 70.7 cm³/mol. The van der Waals surface area contributed by atoms with Crippen molar-refractivity contribution in [3.63, 3.8) is 0 Å². The van der Waals surface area contributed by atoms with Crippen LogP contribution in [0, 0.1) is 0 Å². The molecule has 1 unspecified atom stereocenters. The van der Waals surface area contributed by atoms with Gasteiger partial charge in [0.15, 0.2) is 11.5 Å². The third kappa shape index (κ3) is 4.65. The van der Waals surface area contributed by atoms with Gasteiger partial charge in [0, 0.05) is 6.04 Å². The van der Waals surface area contributed by atoms with Gasteiger partial charge in [-0.05, 0) is 50.9 Å². The van der Waals surface area contributed by atoms with Crippen LogP contribution >= 0.6 is 0 Å². The lowest BCUT2D eigenvalue weighted by molar-refractivity contribution is 0.317. The Kier molecular flexibility index (Phi) is 5.84. The smallest absolute Gasteiger partial charge is 0.161 e. The van der Waals surface area contributed by atoms with Gasteiger partial charge in [0.1, 0.15) is 0 Å². The topological polar surface area (TPSA) is 41.5 Å². The van der Waals surface area contributed by atoms with Crippen LogP contribution in [0.2, 0.25) is 0 Å². The summed E-state index contributed by atoms with van der Waals surface area (Å²) in [7, 11) is 0. The summed E-state index contributed by atoms with van der Waals surface area (Å²) in [6.07, 6.45) is 2.08. The van der Waals surface area contributed by atoms with E-state index in [4.69, 9.17) is 4.74 Å². The average molecular weight is 237 g/mol. The number of rotatable bonds is 7. The van der Waals surface area contributed by atoms with Crippen LogP contribution in [0.5, 0.6) is 11.5 Å². The highest BCUT2D eigenvalue weighted by Gasteiger charge is 2.05. The number of benzene rings is 1. The van der Waals surface area contributed by atoms with Crippen LogP contribution in [-0.2, 0) is 6.42 Å². The van der Waals surface area contributed by atoms with E-state index >= 15 is 0 Å². The van der Waals surface area contributed by atoms with E-state index in [0.29, 0.717) is 18.4 Å². The standard InChI is InChI=1S/C14H23NO2/c1-4-15-11(3)6-7-12-8-9-13(16)14(10-12)17-5-2/h8-11,15-16H,4-7H2,1-3H3. The fourth-order valence-electron chi connectivity index (χ4n) is 1.82. The number of phenolic OH excluding ortho intramolecular Hbond substituents is 1. The van der Waals surface area contributed by atoms with Crippen molar-refractivity contribution < 1.29 is 9.84 Å². The minimum absolute atomic E-state index is 0.218. The van der Waals surface area contributed by atoms with Gasteiger partial charge in [-0.15, -0.1) is 0 Å². The molecule has 3 heteroatoms. The van der Waals surface area contributed by atoms with Gasteiger partial charge in [-0.25, -0.2) is 0 Å². The Labute approximate surface area is 104 Å². The minimum atomic E-state index is 0.218. The van der Waals surface area contributed by atoms with Crippen LogP contribution in [0.3, 0.4) is 0 Å². The first-order valence-corrected chi connectivity index (χ1v) is 6.35. The van der Waals surface area contributed by atoms with Crippen LogP contribution in [-0.4, -0.2) is 24.3 Å². The average Bonchev–Trinajstić information content (AvgIpc) is 2.31. The van der Waals surface area contributed by atoms with Crippen molar-refractivity contribution in [2.75, 3.05) is 13.2 Å². The van der Waals surface area contributed by atoms with Crippen LogP contribution in [0.25, 0.3) is 0 Å². The first-order chi connectivity index (χ1) is 8.17. The van der Waals surface area contributed by atoms with Crippen LogP contribution in [0.1, 0.15) is 32.8 Å². The highest BCUT2D eigenvalue weighted by Crippen LogP contribution is 2.27. The van der Waals surface area contributed by atoms with Gasteiger partial charge in [0.05, 0.1) is 6.61 Å². The van der Waals surface area contributed by atoms with Crippen molar-refractivity contribution in [3.05, 3.63) is 23.8 Å². The van der Waals surface area contributed by atoms with E-state index in [1.165, 1.54) is 5.56 Å². The normalized spacial score (nSPS) is 12.4. The molecule has 0 aliphatic carbocycles. The van der Waals surface area contributed by atoms with Gasteiger partial charge >= 0.3 is 0 Å². The lowest BCUT2D eigenvalue weighted by Crippen LogP contribution is -2.25. The van der Waals surface area contributed by atoms with Crippen molar-refractivity contribution in [2.45, 2.75) is 39.7 Å². The predicted octanol–water partition coefficient (Wildman–Crippen LogP) is 2.72. The Balaban J connectivity index is 2.56. The monoisotopic (exact) mass is 237 g/mol. The third-order valence-electron chi connectivity index (χ3n) is 2.74. The summed E-state index contributed by atoms with van der Waals surface area (Å²) in [6, 6.07) is 6.11. The molecule has 0 heterocycles. The summed E-state index contributed by atoms with van der Waals surface area (Å²) < 4.78 is 5.37. The van der Waals surface area contributed by atoms with Crippen molar-refractivity contribution in [3.8, 4) is 11.5 Å². The number of nitrogens with one attached hydrogen (secondary N) is 1. The van der Waals surface area contributed by atoms with Crippen molar-refractivity contribution in [2.24, 2.45) is 0 Å². The zero-order valence-electron chi connectivity index (χ0n) is 11.0. The quantitative estimate of drug-likeness (QED) is 0.766. The second-order valence-electron chi connectivity index (χ2n) is 4.23. The van der Waals surface area contributed by atoms with Gasteiger partial charge < -0.3 is 15.2 Å². The largest absolute Gasteiger partial charge is 0.504 e. The van der Waals surface area contributed by atoms with E-state index in [9.17, 15) is 5.11 Å². The summed E-state index contributed by atoms with van der Waals surface area (Å²) in [5.74, 6) is 0.802. The molecule has 0 fully saturated rings. The Morgan fingerprint density at radius 3 is 2.76 bits per heavy atom. The Hall–Kier alpha value is -1.22. The van der Waals surface area contributed by atoms with E-state index < -0.39 is 0 Å². The van der Waals surface area contributed by atoms with Gasteiger partial charge in [-0.1, -0.05) is 13.0 Å². The molecule has 0 bridgehead atoms. The SMILES string of the molecule is CCNC(C)CCc1ccc(O)c(OCC)c1. The molecule has 96 valence electrons. The summed E-state index contributed by atoms with van der Waals surface area (Å²) >= 11 is 0. The molecule has 0 radical (unpaired) electrons. The number of hydrogen-bond donors (Lipinski definition) is 2. The maximum atomic E-state index is 9.59. The second kappa shape index (κ2) is 7.17. The number of hydrogen-bond acceptors (Lipinski definition) is 3. The fraction of sp³-hybridized carbons (Fsp3) is 0.571. The van der Waals surface area contributed by atoms with Gasteiger partial charge in [-0.3, -0.25) is 0 Å². The van der Waals surface area contributed by atoms with Gasteiger partial charge in [0.2, 0.25) is 0 Å². The highest BCUT2D eigenvalue weighted by molar-refractivity contribution is 5.41. The van der Waals surface area contributed by atoms with E-state index in [-0.39, 0.29) is 5.75 Å². The van der Waals surface area contributed by atoms with E-state index in [2.05, 4.69) is 19.2 Å². The zero-order valence-corrected chi connectivity index (χ0v) is 11.0. The van der Waals surface area contributed by atoms with Gasteiger partial charge in [-0.2, -0.15) is 0 Å². The summed E-state index contributed by atoms with van der Waals surface area (Å²) in [5, 5.41) is 13.0. The first kappa shape index (κ1) is 13.8. The molecule has 3 nitrogen and oxygen atoms in total. The molecule has 0 saturated carbocycles. The summed E-state index contributed by atoms with van der Waals surface area (Å²) in [6.45, 7) is 7.79. The molecule has 0 aliphatic rings. The molecule has 2 N–H and O–H groups in total. The molecule has 0 spiro atoms. The minimum Gasteiger partial charge on any atom is -0.504 e. The second-order valence-corrected chi connectivity index (χ2v) is 4.23. The molecular formula is C14H23NO2. The molecule has 0 amide bonds. The molecule has 0 aromatic heterocycles. The van der Waals surface area contributed by atoms with Gasteiger partial charge in [0.25, 0.3) is 0 Å². The highest BCUT2D eigenvalue weighted by atomic mass is 16.5. The van der Waals surface area contributed by atoms with Crippen LogP contribution < -0.4 is 10.1 Å². The van der Waals surface area contributed by atoms with E-state index in [1.54, 1.807) is 6.07 Å². The first-order valence-electron chi connectivity index (χ1n) is 6.35. The number of phenols is 1. The third-order valence-corrected chi connectivity index (χ3v) is 2.74. The molecular weight excluding hydrogens is 214 g/mol.